The second kappa shape index (κ2) is 9.30. The van der Waals surface area contributed by atoms with E-state index in [0.717, 1.165) is 11.3 Å². The van der Waals surface area contributed by atoms with Crippen molar-refractivity contribution in [1.29, 1.82) is 0 Å². The molecule has 0 spiro atoms. The van der Waals surface area contributed by atoms with Crippen LogP contribution in [0.2, 0.25) is 0 Å². The topological polar surface area (TPSA) is 50.8 Å². The summed E-state index contributed by atoms with van der Waals surface area (Å²) in [6, 6.07) is 14.7. The zero-order valence-electron chi connectivity index (χ0n) is 18.1. The molecule has 0 aliphatic carbocycles. The van der Waals surface area contributed by atoms with Gasteiger partial charge in [-0.2, -0.15) is 0 Å². The van der Waals surface area contributed by atoms with E-state index in [1.54, 1.807) is 7.11 Å². The van der Waals surface area contributed by atoms with Crippen molar-refractivity contribution in [2.45, 2.75) is 26.8 Å². The minimum Gasteiger partial charge on any atom is -0.493 e. The van der Waals surface area contributed by atoms with Crippen LogP contribution >= 0.6 is 12.2 Å². The van der Waals surface area contributed by atoms with Gasteiger partial charge in [0.1, 0.15) is 0 Å². The molecule has 1 aliphatic rings. The zero-order chi connectivity index (χ0) is 21.8. The molecule has 0 aromatic heterocycles. The molecule has 1 N–H and O–H groups in total. The molecule has 3 rings (SSSR count). The Morgan fingerprint density at radius 1 is 1.17 bits per heavy atom. The van der Waals surface area contributed by atoms with Crippen molar-refractivity contribution in [3.63, 3.8) is 0 Å². The molecule has 1 aliphatic heterocycles. The molecule has 1 unspecified atom stereocenters. The standard InChI is InChI=1S/C24H28N2O3S/c1-15(2)14-29-19-12-11-18(13-20(19)28-5)22-21(16(3)26(4)24(30)25-22)23(27)17-9-7-6-8-10-17/h6-13,15,22H,14H2,1-5H3,(H,25,30). The highest BCUT2D eigenvalue weighted by atomic mass is 32.1. The van der Waals surface area contributed by atoms with Crippen LogP contribution in [-0.4, -0.2) is 36.6 Å². The van der Waals surface area contributed by atoms with E-state index in [1.165, 1.54) is 0 Å². The SMILES string of the molecule is COc1cc(C2NC(=S)N(C)C(C)=C2C(=O)c2ccccc2)ccc1OCC(C)C. The fourth-order valence-corrected chi connectivity index (χ4v) is 3.62. The van der Waals surface area contributed by atoms with Gasteiger partial charge in [0.05, 0.1) is 19.8 Å². The van der Waals surface area contributed by atoms with Crippen molar-refractivity contribution >= 4 is 23.1 Å². The molecule has 2 aromatic rings. The number of carbonyl (C=O) groups is 1. The molecule has 1 heterocycles. The summed E-state index contributed by atoms with van der Waals surface area (Å²) in [5.41, 5.74) is 3.02. The number of hydrogen-bond donors (Lipinski definition) is 1. The molecule has 0 fully saturated rings. The summed E-state index contributed by atoms with van der Waals surface area (Å²) in [5.74, 6) is 1.69. The van der Waals surface area contributed by atoms with Gasteiger partial charge in [0, 0.05) is 23.9 Å². The molecule has 0 radical (unpaired) electrons. The first-order valence-corrected chi connectivity index (χ1v) is 10.4. The van der Waals surface area contributed by atoms with Crippen LogP contribution in [0.3, 0.4) is 0 Å². The molecule has 0 amide bonds. The third-order valence-corrected chi connectivity index (χ3v) is 5.52. The van der Waals surface area contributed by atoms with Crippen LogP contribution in [0.15, 0.2) is 59.8 Å². The number of rotatable bonds is 7. The van der Waals surface area contributed by atoms with Crippen molar-refractivity contribution in [2.75, 3.05) is 20.8 Å². The Bertz CT molecular complexity index is 970. The van der Waals surface area contributed by atoms with Crippen molar-refractivity contribution in [2.24, 2.45) is 5.92 Å². The second-order valence-corrected chi connectivity index (χ2v) is 8.14. The lowest BCUT2D eigenvalue weighted by Gasteiger charge is -2.36. The Kier molecular flexibility index (Phi) is 6.77. The minimum atomic E-state index is -0.380. The molecule has 0 bridgehead atoms. The smallest absolute Gasteiger partial charge is 0.193 e. The number of nitrogens with one attached hydrogen (secondary N) is 1. The lowest BCUT2D eigenvalue weighted by atomic mass is 9.89. The summed E-state index contributed by atoms with van der Waals surface area (Å²) in [7, 11) is 3.48. The average molecular weight is 425 g/mol. The predicted octanol–water partition coefficient (Wildman–Crippen LogP) is 4.75. The van der Waals surface area contributed by atoms with Crippen LogP contribution < -0.4 is 14.8 Å². The molecule has 1 atom stereocenters. The maximum atomic E-state index is 13.4. The number of thiocarbonyl (C=S) groups is 1. The van der Waals surface area contributed by atoms with Gasteiger partial charge in [-0.25, -0.2) is 0 Å². The third kappa shape index (κ3) is 4.49. The number of ketones is 1. The molecule has 2 aromatic carbocycles. The van der Waals surface area contributed by atoms with Crippen molar-refractivity contribution < 1.29 is 14.3 Å². The Labute approximate surface area is 183 Å². The molecular formula is C24H28N2O3S. The van der Waals surface area contributed by atoms with Gasteiger partial charge in [-0.3, -0.25) is 4.79 Å². The normalized spacial score (nSPS) is 16.5. The second-order valence-electron chi connectivity index (χ2n) is 7.75. The summed E-state index contributed by atoms with van der Waals surface area (Å²) in [6.07, 6.45) is 0. The first-order chi connectivity index (χ1) is 14.3. The molecule has 158 valence electrons. The monoisotopic (exact) mass is 424 g/mol. The number of hydrogen-bond acceptors (Lipinski definition) is 4. The van der Waals surface area contributed by atoms with Crippen molar-refractivity contribution in [1.82, 2.24) is 10.2 Å². The van der Waals surface area contributed by atoms with Crippen LogP contribution in [0.1, 0.15) is 42.7 Å². The van der Waals surface area contributed by atoms with E-state index in [1.807, 2.05) is 67.4 Å². The number of allylic oxidation sites excluding steroid dienone is 1. The number of methoxy groups -OCH3 is 1. The van der Waals surface area contributed by atoms with Crippen LogP contribution in [0.5, 0.6) is 11.5 Å². The first-order valence-electron chi connectivity index (χ1n) is 9.99. The maximum Gasteiger partial charge on any atom is 0.193 e. The van der Waals surface area contributed by atoms with Gasteiger partial charge in [0.2, 0.25) is 0 Å². The fraction of sp³-hybridized carbons (Fsp3) is 0.333. The Morgan fingerprint density at radius 3 is 2.50 bits per heavy atom. The number of ether oxygens (including phenoxy) is 2. The van der Waals surface area contributed by atoms with Gasteiger partial charge in [0.15, 0.2) is 22.4 Å². The number of Topliss-reactive ketones (excluding diaryl/α,β-unsaturated/α-hetero) is 1. The maximum absolute atomic E-state index is 13.4. The summed E-state index contributed by atoms with van der Waals surface area (Å²) < 4.78 is 11.4. The van der Waals surface area contributed by atoms with Crippen molar-refractivity contribution in [3.8, 4) is 11.5 Å². The lowest BCUT2D eigenvalue weighted by Crippen LogP contribution is -2.45. The van der Waals surface area contributed by atoms with Gasteiger partial charge in [-0.15, -0.1) is 0 Å². The minimum absolute atomic E-state index is 0.0287. The Balaban J connectivity index is 2.04. The summed E-state index contributed by atoms with van der Waals surface area (Å²) in [6.45, 7) is 6.72. The van der Waals surface area contributed by atoms with Gasteiger partial charge in [0.25, 0.3) is 0 Å². The summed E-state index contributed by atoms with van der Waals surface area (Å²) in [4.78, 5) is 15.3. The van der Waals surface area contributed by atoms with Crippen LogP contribution in [-0.2, 0) is 0 Å². The molecular weight excluding hydrogens is 396 g/mol. The molecule has 0 saturated heterocycles. The highest BCUT2D eigenvalue weighted by Crippen LogP contribution is 2.36. The van der Waals surface area contributed by atoms with Gasteiger partial charge in [-0.1, -0.05) is 50.2 Å². The predicted molar refractivity (Wildman–Crippen MR) is 123 cm³/mol. The van der Waals surface area contributed by atoms with Crippen molar-refractivity contribution in [3.05, 3.63) is 70.9 Å². The van der Waals surface area contributed by atoms with Crippen LogP contribution in [0.4, 0.5) is 0 Å². The first kappa shape index (κ1) is 21.8. The van der Waals surface area contributed by atoms with Gasteiger partial charge in [-0.05, 0) is 42.8 Å². The Hall–Kier alpha value is -2.86. The number of benzene rings is 2. The largest absolute Gasteiger partial charge is 0.493 e. The van der Waals surface area contributed by atoms with Gasteiger partial charge < -0.3 is 19.7 Å². The summed E-state index contributed by atoms with van der Waals surface area (Å²) in [5, 5.41) is 3.89. The fourth-order valence-electron chi connectivity index (χ4n) is 3.36. The third-order valence-electron chi connectivity index (χ3n) is 5.13. The summed E-state index contributed by atoms with van der Waals surface area (Å²) >= 11 is 5.51. The van der Waals surface area contributed by atoms with E-state index in [2.05, 4.69) is 19.2 Å². The molecule has 0 saturated carbocycles. The number of carbonyl (C=O) groups excluding carboxylic acids is 1. The van der Waals surface area contributed by atoms with E-state index in [9.17, 15) is 4.79 Å². The highest BCUT2D eigenvalue weighted by Gasteiger charge is 2.33. The zero-order valence-corrected chi connectivity index (χ0v) is 18.9. The van der Waals surface area contributed by atoms with E-state index in [0.29, 0.717) is 40.3 Å². The average Bonchev–Trinajstić information content (AvgIpc) is 2.75. The van der Waals surface area contributed by atoms with E-state index < -0.39 is 0 Å². The Morgan fingerprint density at radius 2 is 1.87 bits per heavy atom. The number of nitrogens with zero attached hydrogens (tertiary/aromatic N) is 1. The lowest BCUT2D eigenvalue weighted by molar-refractivity contribution is 0.102. The molecule has 5 nitrogen and oxygen atoms in total. The van der Waals surface area contributed by atoms with Gasteiger partial charge >= 0.3 is 0 Å². The highest BCUT2D eigenvalue weighted by molar-refractivity contribution is 7.80. The molecule has 30 heavy (non-hydrogen) atoms. The molecule has 6 heteroatoms. The van der Waals surface area contributed by atoms with E-state index >= 15 is 0 Å². The van der Waals surface area contributed by atoms with E-state index in [-0.39, 0.29) is 11.8 Å². The van der Waals surface area contributed by atoms with Crippen LogP contribution in [0.25, 0.3) is 0 Å². The quantitative estimate of drug-likeness (QED) is 0.511. The van der Waals surface area contributed by atoms with Crippen LogP contribution in [0, 0.1) is 5.92 Å². The van der Waals surface area contributed by atoms with E-state index in [4.69, 9.17) is 21.7 Å².